The van der Waals surface area contributed by atoms with Gasteiger partial charge in [-0.1, -0.05) is 12.8 Å². The molecule has 2 aromatic rings. The number of carbonyl (C=O) groups is 1. The first-order valence-corrected chi connectivity index (χ1v) is 10.7. The summed E-state index contributed by atoms with van der Waals surface area (Å²) in [6.45, 7) is 4.20. The number of nitrogens with one attached hydrogen (secondary N) is 1. The summed E-state index contributed by atoms with van der Waals surface area (Å²) in [5.41, 5.74) is 2.73. The van der Waals surface area contributed by atoms with Crippen molar-refractivity contribution in [2.24, 2.45) is 0 Å². The third-order valence-electron chi connectivity index (χ3n) is 5.78. The van der Waals surface area contributed by atoms with Gasteiger partial charge in [0.2, 0.25) is 0 Å². The maximum Gasteiger partial charge on any atom is 0.259 e. The van der Waals surface area contributed by atoms with E-state index in [0.29, 0.717) is 5.56 Å². The summed E-state index contributed by atoms with van der Waals surface area (Å²) in [4.78, 5) is 22.1. The number of hydrogen-bond donors (Lipinski definition) is 1. The van der Waals surface area contributed by atoms with Gasteiger partial charge in [0.05, 0.1) is 5.56 Å². The van der Waals surface area contributed by atoms with Gasteiger partial charge in [0, 0.05) is 43.8 Å². The molecule has 1 N–H and O–H groups in total. The molecule has 1 aromatic heterocycles. The minimum absolute atomic E-state index is 0.0869. The lowest BCUT2D eigenvalue weighted by atomic mass is 10.1. The molecule has 0 spiro atoms. The molecule has 2 saturated heterocycles. The molecule has 0 bridgehead atoms. The maximum atomic E-state index is 12.9. The van der Waals surface area contributed by atoms with Gasteiger partial charge in [0.15, 0.2) is 0 Å². The molecule has 5 heteroatoms. The summed E-state index contributed by atoms with van der Waals surface area (Å²) in [6.07, 6.45) is 10.5. The zero-order chi connectivity index (χ0) is 19.2. The second kappa shape index (κ2) is 9.09. The highest BCUT2D eigenvalue weighted by molar-refractivity contribution is 6.07. The number of nitrogens with zero attached hydrogens (tertiary/aromatic N) is 3. The van der Waals surface area contributed by atoms with Crippen molar-refractivity contribution in [3.8, 4) is 0 Å². The van der Waals surface area contributed by atoms with Crippen LogP contribution in [0.3, 0.4) is 0 Å². The van der Waals surface area contributed by atoms with Crippen molar-refractivity contribution in [1.82, 2.24) is 4.98 Å². The van der Waals surface area contributed by atoms with Gasteiger partial charge in [-0.05, 0) is 68.5 Å². The predicted octanol–water partition coefficient (Wildman–Crippen LogP) is 4.70. The summed E-state index contributed by atoms with van der Waals surface area (Å²) in [7, 11) is 0. The summed E-state index contributed by atoms with van der Waals surface area (Å²) < 4.78 is 0. The number of piperidine rings is 1. The topological polar surface area (TPSA) is 48.5 Å². The molecule has 2 aliphatic heterocycles. The van der Waals surface area contributed by atoms with Crippen LogP contribution in [0, 0.1) is 0 Å². The third-order valence-corrected chi connectivity index (χ3v) is 5.78. The van der Waals surface area contributed by atoms with Crippen molar-refractivity contribution in [3.63, 3.8) is 0 Å². The van der Waals surface area contributed by atoms with E-state index in [9.17, 15) is 4.79 Å². The second-order valence-electron chi connectivity index (χ2n) is 7.82. The lowest BCUT2D eigenvalue weighted by Crippen LogP contribution is -2.32. The fourth-order valence-electron chi connectivity index (χ4n) is 4.21. The maximum absolute atomic E-state index is 12.9. The van der Waals surface area contributed by atoms with Gasteiger partial charge in [-0.25, -0.2) is 4.98 Å². The van der Waals surface area contributed by atoms with Gasteiger partial charge >= 0.3 is 0 Å². The Hall–Kier alpha value is -2.56. The zero-order valence-corrected chi connectivity index (χ0v) is 16.6. The minimum Gasteiger partial charge on any atom is -0.372 e. The second-order valence-corrected chi connectivity index (χ2v) is 7.82. The largest absolute Gasteiger partial charge is 0.372 e. The highest BCUT2D eigenvalue weighted by Gasteiger charge is 2.19. The molecule has 3 heterocycles. The summed E-state index contributed by atoms with van der Waals surface area (Å²) in [5, 5.41) is 3.06. The Kier molecular flexibility index (Phi) is 6.10. The van der Waals surface area contributed by atoms with E-state index in [1.807, 2.05) is 24.3 Å². The summed E-state index contributed by atoms with van der Waals surface area (Å²) >= 11 is 0. The lowest BCUT2D eigenvalue weighted by molar-refractivity contribution is 0.102. The number of hydrogen-bond acceptors (Lipinski definition) is 4. The molecule has 28 heavy (non-hydrogen) atoms. The molecule has 4 rings (SSSR count). The molecule has 0 atom stereocenters. The molecule has 1 aromatic carbocycles. The number of anilines is 3. The van der Waals surface area contributed by atoms with Gasteiger partial charge in [0.25, 0.3) is 5.91 Å². The van der Waals surface area contributed by atoms with Crippen LogP contribution in [0.4, 0.5) is 17.2 Å². The van der Waals surface area contributed by atoms with E-state index in [1.54, 1.807) is 6.20 Å². The SMILES string of the molecule is O=C(Nc1ccc(N2CCCCCC2)cc1)c1cccnc1N1CCCCC1. The summed E-state index contributed by atoms with van der Waals surface area (Å²) in [5.74, 6) is 0.720. The van der Waals surface area contributed by atoms with Crippen LogP contribution in [0.25, 0.3) is 0 Å². The Bertz CT molecular complexity index is 775. The van der Waals surface area contributed by atoms with Gasteiger partial charge in [-0.15, -0.1) is 0 Å². The normalized spacial score (nSPS) is 17.9. The number of pyridine rings is 1. The van der Waals surface area contributed by atoms with Crippen LogP contribution in [0.1, 0.15) is 55.3 Å². The fourth-order valence-corrected chi connectivity index (χ4v) is 4.21. The van der Waals surface area contributed by atoms with E-state index in [0.717, 1.165) is 50.5 Å². The van der Waals surface area contributed by atoms with Crippen LogP contribution in [0.2, 0.25) is 0 Å². The Balaban J connectivity index is 1.45. The highest BCUT2D eigenvalue weighted by atomic mass is 16.1. The van der Waals surface area contributed by atoms with Gasteiger partial charge in [-0.3, -0.25) is 4.79 Å². The quantitative estimate of drug-likeness (QED) is 0.837. The monoisotopic (exact) mass is 378 g/mol. The van der Waals surface area contributed by atoms with E-state index < -0.39 is 0 Å². The molecular formula is C23H30N4O. The highest BCUT2D eigenvalue weighted by Crippen LogP contribution is 2.24. The summed E-state index contributed by atoms with van der Waals surface area (Å²) in [6, 6.07) is 12.0. The van der Waals surface area contributed by atoms with Crippen molar-refractivity contribution in [2.75, 3.05) is 41.3 Å². The van der Waals surface area contributed by atoms with Crippen molar-refractivity contribution < 1.29 is 4.79 Å². The Morgan fingerprint density at radius 2 is 1.39 bits per heavy atom. The van der Waals surface area contributed by atoms with Gasteiger partial charge in [-0.2, -0.15) is 0 Å². The lowest BCUT2D eigenvalue weighted by Gasteiger charge is -2.29. The Morgan fingerprint density at radius 3 is 2.07 bits per heavy atom. The number of rotatable bonds is 4. The molecule has 1 amide bonds. The number of amides is 1. The molecule has 0 saturated carbocycles. The first-order valence-electron chi connectivity index (χ1n) is 10.7. The van der Waals surface area contributed by atoms with Crippen LogP contribution in [-0.2, 0) is 0 Å². The first-order chi connectivity index (χ1) is 13.8. The predicted molar refractivity (Wildman–Crippen MR) is 115 cm³/mol. The number of carbonyl (C=O) groups excluding carboxylic acids is 1. The number of benzene rings is 1. The van der Waals surface area contributed by atoms with Gasteiger partial charge < -0.3 is 15.1 Å². The Labute approximate surface area is 167 Å². The molecule has 148 valence electrons. The van der Waals surface area contributed by atoms with Gasteiger partial charge in [0.1, 0.15) is 5.82 Å². The third kappa shape index (κ3) is 4.46. The van der Waals surface area contributed by atoms with Crippen LogP contribution >= 0.6 is 0 Å². The molecule has 2 fully saturated rings. The van der Waals surface area contributed by atoms with Crippen molar-refractivity contribution in [1.29, 1.82) is 0 Å². The minimum atomic E-state index is -0.0869. The number of aromatic nitrogens is 1. The molecule has 0 aliphatic carbocycles. The van der Waals surface area contributed by atoms with Crippen LogP contribution < -0.4 is 15.1 Å². The van der Waals surface area contributed by atoms with Crippen LogP contribution in [0.5, 0.6) is 0 Å². The van der Waals surface area contributed by atoms with Crippen molar-refractivity contribution >= 4 is 23.1 Å². The van der Waals surface area contributed by atoms with E-state index in [2.05, 4.69) is 32.2 Å². The molecular weight excluding hydrogens is 348 g/mol. The Morgan fingerprint density at radius 1 is 0.786 bits per heavy atom. The van der Waals surface area contributed by atoms with Crippen molar-refractivity contribution in [2.45, 2.75) is 44.9 Å². The molecule has 2 aliphatic rings. The van der Waals surface area contributed by atoms with E-state index >= 15 is 0 Å². The van der Waals surface area contributed by atoms with Crippen LogP contribution in [-0.4, -0.2) is 37.1 Å². The average molecular weight is 379 g/mol. The van der Waals surface area contributed by atoms with E-state index in [-0.39, 0.29) is 5.91 Å². The fraction of sp³-hybridized carbons (Fsp3) is 0.478. The van der Waals surface area contributed by atoms with Crippen molar-refractivity contribution in [3.05, 3.63) is 48.2 Å². The van der Waals surface area contributed by atoms with E-state index in [4.69, 9.17) is 0 Å². The molecule has 0 radical (unpaired) electrons. The van der Waals surface area contributed by atoms with Crippen LogP contribution in [0.15, 0.2) is 42.6 Å². The first kappa shape index (κ1) is 18.8. The smallest absolute Gasteiger partial charge is 0.259 e. The zero-order valence-electron chi connectivity index (χ0n) is 16.6. The molecule has 5 nitrogen and oxygen atoms in total. The molecule has 0 unspecified atom stereocenters. The standard InChI is InChI=1S/C23H30N4O/c28-23(21-9-8-14-24-22(21)27-17-6-3-7-18-27)25-19-10-12-20(13-11-19)26-15-4-1-2-5-16-26/h8-14H,1-7,15-18H2,(H,25,28). The van der Waals surface area contributed by atoms with E-state index in [1.165, 1.54) is 37.8 Å². The average Bonchev–Trinajstić information content (AvgIpc) is 3.04.